The van der Waals surface area contributed by atoms with Crippen molar-refractivity contribution >= 4 is 0 Å². The molecule has 0 bridgehead atoms. The van der Waals surface area contributed by atoms with E-state index in [4.69, 9.17) is 9.47 Å². The van der Waals surface area contributed by atoms with Crippen LogP contribution in [0, 0.1) is 6.10 Å². The molecule has 0 aromatic heterocycles. The molecule has 11 heavy (non-hydrogen) atoms. The van der Waals surface area contributed by atoms with E-state index in [0.717, 1.165) is 18.3 Å². The van der Waals surface area contributed by atoms with E-state index in [0.29, 0.717) is 0 Å². The summed E-state index contributed by atoms with van der Waals surface area (Å²) in [6.07, 6.45) is 5.79. The smallest absolute Gasteiger partial charge is 0.147 e. The summed E-state index contributed by atoms with van der Waals surface area (Å²) in [5.74, 6) is 0.951. The highest BCUT2D eigenvalue weighted by Crippen LogP contribution is 2.24. The first-order chi connectivity index (χ1) is 5.27. The van der Waals surface area contributed by atoms with Crippen LogP contribution in [0.3, 0.4) is 0 Å². The summed E-state index contributed by atoms with van der Waals surface area (Å²) in [6, 6.07) is 0. The fraction of sp³-hybridized carbons (Fsp3) is 0.444. The Morgan fingerprint density at radius 2 is 2.00 bits per heavy atom. The first-order valence-electron chi connectivity index (χ1n) is 3.60. The molecule has 0 atom stereocenters. The molecule has 0 aliphatic heterocycles. The highest BCUT2D eigenvalue weighted by molar-refractivity contribution is 5.33. The molecule has 0 fully saturated rings. The number of allylic oxidation sites excluding steroid dienone is 1. The molecule has 2 heteroatoms. The third kappa shape index (κ3) is 1.84. The van der Waals surface area contributed by atoms with Crippen LogP contribution in [-0.2, 0) is 9.47 Å². The zero-order valence-corrected chi connectivity index (χ0v) is 7.18. The predicted octanol–water partition coefficient (Wildman–Crippen LogP) is 2.05. The Balaban J connectivity index is 2.66. The molecule has 0 aromatic carbocycles. The fourth-order valence-corrected chi connectivity index (χ4v) is 1.04. The van der Waals surface area contributed by atoms with E-state index in [1.165, 1.54) is 5.57 Å². The molecule has 1 radical (unpaired) electrons. The fourth-order valence-electron chi connectivity index (χ4n) is 1.04. The Hall–Kier alpha value is -0.760. The topological polar surface area (TPSA) is 18.5 Å². The standard InChI is InChI=1S/C9H13O2/c1-7-4-5-8(10-2)6-9(7)11-3/h4,6H,5H2,1-3H3. The van der Waals surface area contributed by atoms with Gasteiger partial charge in [0.05, 0.1) is 12.9 Å². The molecule has 0 saturated heterocycles. The predicted molar refractivity (Wildman–Crippen MR) is 43.7 cm³/mol. The molecule has 61 valence electrons. The third-order valence-electron chi connectivity index (χ3n) is 1.77. The Bertz CT molecular complexity index is 192. The van der Waals surface area contributed by atoms with Gasteiger partial charge in [0.2, 0.25) is 0 Å². The molecule has 0 saturated carbocycles. The van der Waals surface area contributed by atoms with Crippen LogP contribution in [-0.4, -0.2) is 14.2 Å². The zero-order chi connectivity index (χ0) is 8.27. The lowest BCUT2D eigenvalue weighted by molar-refractivity contribution is 0.231. The van der Waals surface area contributed by atoms with Crippen molar-refractivity contribution in [1.82, 2.24) is 0 Å². The number of methoxy groups -OCH3 is 2. The summed E-state index contributed by atoms with van der Waals surface area (Å²) < 4.78 is 10.2. The molecule has 0 aromatic rings. The minimum atomic E-state index is 0.870. The van der Waals surface area contributed by atoms with Gasteiger partial charge in [0.15, 0.2) is 0 Å². The molecule has 0 heterocycles. The lowest BCUT2D eigenvalue weighted by Crippen LogP contribution is -2.05. The van der Waals surface area contributed by atoms with E-state index >= 15 is 0 Å². The highest BCUT2D eigenvalue weighted by Gasteiger charge is 2.14. The van der Waals surface area contributed by atoms with Gasteiger partial charge >= 0.3 is 0 Å². The molecule has 2 nitrogen and oxygen atoms in total. The SMILES string of the molecule is CO[C]1C=C(OC)CC=C1C. The van der Waals surface area contributed by atoms with Crippen LogP contribution in [0.5, 0.6) is 0 Å². The van der Waals surface area contributed by atoms with E-state index in [-0.39, 0.29) is 0 Å². The van der Waals surface area contributed by atoms with Gasteiger partial charge in [-0.25, -0.2) is 0 Å². The van der Waals surface area contributed by atoms with Crippen molar-refractivity contribution in [2.45, 2.75) is 13.3 Å². The number of rotatable bonds is 2. The van der Waals surface area contributed by atoms with Crippen LogP contribution in [0.1, 0.15) is 13.3 Å². The van der Waals surface area contributed by atoms with Gasteiger partial charge in [-0.15, -0.1) is 0 Å². The number of hydrogen-bond donors (Lipinski definition) is 0. The first-order valence-corrected chi connectivity index (χ1v) is 3.60. The summed E-state index contributed by atoms with van der Waals surface area (Å²) in [5.41, 5.74) is 1.17. The van der Waals surface area contributed by atoms with Gasteiger partial charge in [-0.1, -0.05) is 6.08 Å². The minimum Gasteiger partial charge on any atom is -0.501 e. The van der Waals surface area contributed by atoms with Crippen LogP contribution >= 0.6 is 0 Å². The van der Waals surface area contributed by atoms with Crippen LogP contribution in [0.4, 0.5) is 0 Å². The maximum atomic E-state index is 5.13. The quantitative estimate of drug-likeness (QED) is 0.604. The number of hydrogen-bond acceptors (Lipinski definition) is 2. The maximum absolute atomic E-state index is 5.13. The second kappa shape index (κ2) is 3.58. The van der Waals surface area contributed by atoms with Crippen molar-refractivity contribution < 1.29 is 9.47 Å². The molecule has 0 spiro atoms. The average Bonchev–Trinajstić information content (AvgIpc) is 2.05. The Morgan fingerprint density at radius 3 is 2.55 bits per heavy atom. The molecule has 0 amide bonds. The van der Waals surface area contributed by atoms with Gasteiger partial charge in [0.1, 0.15) is 6.10 Å². The summed E-state index contributed by atoms with van der Waals surface area (Å²) in [6.45, 7) is 2.03. The van der Waals surface area contributed by atoms with Crippen molar-refractivity contribution in [3.05, 3.63) is 29.6 Å². The van der Waals surface area contributed by atoms with Crippen molar-refractivity contribution in [1.29, 1.82) is 0 Å². The maximum Gasteiger partial charge on any atom is 0.147 e. The van der Waals surface area contributed by atoms with Crippen molar-refractivity contribution in [2.75, 3.05) is 14.2 Å². The van der Waals surface area contributed by atoms with E-state index in [9.17, 15) is 0 Å². The molecule has 0 N–H and O–H groups in total. The minimum absolute atomic E-state index is 0.870. The molecule has 1 rings (SSSR count). The molecule has 0 unspecified atom stereocenters. The first kappa shape index (κ1) is 8.34. The molecule has 1 aliphatic carbocycles. The summed E-state index contributed by atoms with van der Waals surface area (Å²) >= 11 is 0. The van der Waals surface area contributed by atoms with Crippen molar-refractivity contribution in [2.24, 2.45) is 0 Å². The van der Waals surface area contributed by atoms with Crippen LogP contribution < -0.4 is 0 Å². The van der Waals surface area contributed by atoms with Crippen molar-refractivity contribution in [3.63, 3.8) is 0 Å². The van der Waals surface area contributed by atoms with E-state index in [2.05, 4.69) is 6.08 Å². The van der Waals surface area contributed by atoms with E-state index in [1.54, 1.807) is 14.2 Å². The summed E-state index contributed by atoms with van der Waals surface area (Å²) in [5, 5.41) is 0. The molecular weight excluding hydrogens is 140 g/mol. The number of ether oxygens (including phenoxy) is 2. The molecule has 1 aliphatic rings. The second-order valence-corrected chi connectivity index (χ2v) is 2.47. The summed E-state index contributed by atoms with van der Waals surface area (Å²) in [4.78, 5) is 0. The third-order valence-corrected chi connectivity index (χ3v) is 1.77. The van der Waals surface area contributed by atoms with Crippen molar-refractivity contribution in [3.8, 4) is 0 Å². The lowest BCUT2D eigenvalue weighted by Gasteiger charge is -2.17. The lowest BCUT2D eigenvalue weighted by atomic mass is 10.0. The van der Waals surface area contributed by atoms with Crippen LogP contribution in [0.15, 0.2) is 23.5 Å². The normalized spacial score (nSPS) is 19.2. The zero-order valence-electron chi connectivity index (χ0n) is 7.18. The van der Waals surface area contributed by atoms with E-state index in [1.807, 2.05) is 13.0 Å². The second-order valence-electron chi connectivity index (χ2n) is 2.47. The Kier molecular flexibility index (Phi) is 2.71. The summed E-state index contributed by atoms with van der Waals surface area (Å²) in [7, 11) is 3.34. The van der Waals surface area contributed by atoms with Gasteiger partial charge < -0.3 is 9.47 Å². The van der Waals surface area contributed by atoms with Gasteiger partial charge in [-0.05, 0) is 18.6 Å². The largest absolute Gasteiger partial charge is 0.501 e. The van der Waals surface area contributed by atoms with Crippen LogP contribution in [0.2, 0.25) is 0 Å². The van der Waals surface area contributed by atoms with Gasteiger partial charge in [-0.2, -0.15) is 0 Å². The highest BCUT2D eigenvalue weighted by atomic mass is 16.5. The van der Waals surface area contributed by atoms with Gasteiger partial charge in [0.25, 0.3) is 0 Å². The van der Waals surface area contributed by atoms with E-state index < -0.39 is 0 Å². The monoisotopic (exact) mass is 153 g/mol. The molecular formula is C9H13O2. The van der Waals surface area contributed by atoms with Gasteiger partial charge in [-0.3, -0.25) is 0 Å². The van der Waals surface area contributed by atoms with Crippen LogP contribution in [0.25, 0.3) is 0 Å². The average molecular weight is 153 g/mol. The Morgan fingerprint density at radius 1 is 1.27 bits per heavy atom. The Labute approximate surface area is 67.5 Å². The van der Waals surface area contributed by atoms with Gasteiger partial charge in [0, 0.05) is 13.5 Å².